The molecule has 214 valence electrons. The average Bonchev–Trinajstić information content (AvgIpc) is 3.58. The number of benzene rings is 2. The van der Waals surface area contributed by atoms with Crippen molar-refractivity contribution >= 4 is 23.9 Å². The number of hydrogen-bond donors (Lipinski definition) is 2. The Balaban J connectivity index is 1.53. The predicted molar refractivity (Wildman–Crippen MR) is 144 cm³/mol. The number of aromatic nitrogens is 5. The second-order valence-electron chi connectivity index (χ2n) is 8.47. The van der Waals surface area contributed by atoms with Crippen molar-refractivity contribution in [1.82, 2.24) is 35.6 Å². The minimum Gasteiger partial charge on any atom is -0.490 e. The lowest BCUT2D eigenvalue weighted by atomic mass is 10.2. The summed E-state index contributed by atoms with van der Waals surface area (Å²) in [7, 11) is 0. The number of carbonyl (C=O) groups excluding carboxylic acids is 2. The molecule has 2 aromatic carbocycles. The summed E-state index contributed by atoms with van der Waals surface area (Å²) >= 11 is 0. The molecule has 2 heterocycles. The Morgan fingerprint density at radius 3 is 2.54 bits per heavy atom. The van der Waals surface area contributed by atoms with Crippen molar-refractivity contribution in [3.63, 3.8) is 0 Å². The normalized spacial score (nSPS) is 11.2. The summed E-state index contributed by atoms with van der Waals surface area (Å²) in [6, 6.07) is 9.71. The summed E-state index contributed by atoms with van der Waals surface area (Å²) in [4.78, 5) is 27.8. The van der Waals surface area contributed by atoms with Gasteiger partial charge < -0.3 is 15.2 Å². The fourth-order valence-electron chi connectivity index (χ4n) is 3.71. The van der Waals surface area contributed by atoms with Crippen LogP contribution in [0.1, 0.15) is 52.9 Å². The summed E-state index contributed by atoms with van der Waals surface area (Å²) < 4.78 is 30.0. The molecule has 0 aliphatic carbocycles. The summed E-state index contributed by atoms with van der Waals surface area (Å²) in [6.45, 7) is 7.86. The van der Waals surface area contributed by atoms with Gasteiger partial charge in [0.2, 0.25) is 11.6 Å². The second-order valence-corrected chi connectivity index (χ2v) is 8.47. The van der Waals surface area contributed by atoms with Gasteiger partial charge >= 0.3 is 5.97 Å². The van der Waals surface area contributed by atoms with E-state index in [4.69, 9.17) is 15.2 Å². The highest BCUT2D eigenvalue weighted by Crippen LogP contribution is 2.29. The van der Waals surface area contributed by atoms with E-state index in [0.717, 1.165) is 17.8 Å². The fourth-order valence-corrected chi connectivity index (χ4v) is 3.71. The Bertz CT molecular complexity index is 1530. The molecule has 0 aliphatic rings. The average molecular weight is 566 g/mol. The van der Waals surface area contributed by atoms with Crippen molar-refractivity contribution in [1.29, 1.82) is 0 Å². The van der Waals surface area contributed by atoms with E-state index >= 15 is 0 Å². The first-order valence-corrected chi connectivity index (χ1v) is 12.7. The highest BCUT2D eigenvalue weighted by atomic mass is 19.1. The Morgan fingerprint density at radius 1 is 1.12 bits per heavy atom. The summed E-state index contributed by atoms with van der Waals surface area (Å²) in [5.41, 5.74) is 9.44. The summed E-state index contributed by atoms with van der Waals surface area (Å²) in [5.74, 6) is -1.37. The molecule has 2 aromatic heterocycles. The molecule has 0 fully saturated rings. The van der Waals surface area contributed by atoms with Crippen molar-refractivity contribution in [3.05, 3.63) is 70.8 Å². The lowest BCUT2D eigenvalue weighted by Crippen LogP contribution is -2.27. The van der Waals surface area contributed by atoms with Crippen LogP contribution in [0.4, 0.5) is 10.2 Å². The topological polar surface area (TPSA) is 176 Å². The summed E-state index contributed by atoms with van der Waals surface area (Å²) in [6.07, 6.45) is 1.39. The first-order chi connectivity index (χ1) is 19.8. The maximum Gasteiger partial charge on any atom is 0.343 e. The van der Waals surface area contributed by atoms with Crippen LogP contribution in [0.5, 0.6) is 11.5 Å². The van der Waals surface area contributed by atoms with Crippen LogP contribution in [0.25, 0.3) is 5.82 Å². The van der Waals surface area contributed by atoms with Crippen LogP contribution in [0.2, 0.25) is 0 Å². The standard InChI is InChI=1S/C26H28FN9O5/c1-4-35(5-2)15-19-22(36(34-30-19)24-23(28)32-41-33-24)25(37)31-29-14-16-7-12-20(21(13-16)39-6-3)40-26(38)17-8-10-18(27)11-9-17/h7-14H,4-6,15H2,1-3H3,(H2,28,32)(H,31,37)/b29-14+. The van der Waals surface area contributed by atoms with Crippen molar-refractivity contribution in [2.24, 2.45) is 5.10 Å². The number of nitrogens with two attached hydrogens (primary N) is 1. The molecule has 0 radical (unpaired) electrons. The Hall–Kier alpha value is -5.18. The first kappa shape index (κ1) is 28.8. The molecule has 4 aromatic rings. The number of carbonyl (C=O) groups is 2. The van der Waals surface area contributed by atoms with Gasteiger partial charge in [-0.25, -0.2) is 19.2 Å². The van der Waals surface area contributed by atoms with Crippen LogP contribution in [-0.4, -0.2) is 68.0 Å². The van der Waals surface area contributed by atoms with Gasteiger partial charge in [-0.3, -0.25) is 9.69 Å². The van der Waals surface area contributed by atoms with E-state index in [-0.39, 0.29) is 34.4 Å². The van der Waals surface area contributed by atoms with E-state index < -0.39 is 17.7 Å². The molecule has 3 N–H and O–H groups in total. The van der Waals surface area contributed by atoms with Crippen LogP contribution in [0.15, 0.2) is 52.2 Å². The Kier molecular flexibility index (Phi) is 9.32. The first-order valence-electron chi connectivity index (χ1n) is 12.7. The van der Waals surface area contributed by atoms with Gasteiger partial charge in [0.05, 0.1) is 18.4 Å². The predicted octanol–water partition coefficient (Wildman–Crippen LogP) is 2.60. The van der Waals surface area contributed by atoms with E-state index in [1.807, 2.05) is 13.8 Å². The molecule has 4 rings (SSSR count). The molecule has 0 spiro atoms. The third kappa shape index (κ3) is 6.88. The van der Waals surface area contributed by atoms with Crippen LogP contribution >= 0.6 is 0 Å². The molecular formula is C26H28FN9O5. The zero-order chi connectivity index (χ0) is 29.4. The van der Waals surface area contributed by atoms with Gasteiger partial charge in [0.1, 0.15) is 11.5 Å². The third-order valence-corrected chi connectivity index (χ3v) is 5.85. The molecule has 41 heavy (non-hydrogen) atoms. The van der Waals surface area contributed by atoms with Crippen LogP contribution in [0, 0.1) is 5.82 Å². The highest BCUT2D eigenvalue weighted by Gasteiger charge is 2.26. The van der Waals surface area contributed by atoms with E-state index in [1.165, 1.54) is 36.5 Å². The van der Waals surface area contributed by atoms with Gasteiger partial charge in [-0.2, -0.15) is 9.78 Å². The van der Waals surface area contributed by atoms with E-state index in [1.54, 1.807) is 19.1 Å². The zero-order valence-electron chi connectivity index (χ0n) is 22.6. The number of rotatable bonds is 12. The van der Waals surface area contributed by atoms with Crippen LogP contribution < -0.4 is 20.6 Å². The smallest absolute Gasteiger partial charge is 0.343 e. The molecule has 0 bridgehead atoms. The van der Waals surface area contributed by atoms with E-state index in [2.05, 4.69) is 40.7 Å². The van der Waals surface area contributed by atoms with Gasteiger partial charge in [0.15, 0.2) is 17.2 Å². The van der Waals surface area contributed by atoms with E-state index in [9.17, 15) is 14.0 Å². The molecular weight excluding hydrogens is 537 g/mol. The molecule has 0 aliphatic heterocycles. The number of anilines is 1. The highest BCUT2D eigenvalue weighted by molar-refractivity contribution is 5.95. The Morgan fingerprint density at radius 2 is 1.88 bits per heavy atom. The molecule has 0 unspecified atom stereocenters. The quantitative estimate of drug-likeness (QED) is 0.112. The molecule has 0 saturated carbocycles. The second kappa shape index (κ2) is 13.3. The van der Waals surface area contributed by atoms with Crippen molar-refractivity contribution in [2.45, 2.75) is 27.3 Å². The number of ether oxygens (including phenoxy) is 2. The van der Waals surface area contributed by atoms with Crippen LogP contribution in [0.3, 0.4) is 0 Å². The number of nitrogen functional groups attached to an aromatic ring is 1. The van der Waals surface area contributed by atoms with Gasteiger partial charge in [-0.05, 0) is 78.4 Å². The maximum atomic E-state index is 13.2. The molecule has 0 atom stereocenters. The number of nitrogens with zero attached hydrogens (tertiary/aromatic N) is 7. The maximum absolute atomic E-state index is 13.2. The molecule has 14 nitrogen and oxygen atoms in total. The van der Waals surface area contributed by atoms with Crippen LogP contribution in [-0.2, 0) is 6.54 Å². The molecule has 0 saturated heterocycles. The molecule has 1 amide bonds. The minimum atomic E-state index is -0.673. The summed E-state index contributed by atoms with van der Waals surface area (Å²) in [5, 5.41) is 19.5. The van der Waals surface area contributed by atoms with Crippen molar-refractivity contribution in [2.75, 3.05) is 25.4 Å². The molecule has 15 heteroatoms. The number of esters is 1. The number of hydrazone groups is 1. The van der Waals surface area contributed by atoms with Gasteiger partial charge in [-0.1, -0.05) is 19.1 Å². The zero-order valence-corrected chi connectivity index (χ0v) is 22.6. The fraction of sp³-hybridized carbons (Fsp3) is 0.269. The number of amides is 1. The number of halogens is 1. The van der Waals surface area contributed by atoms with Gasteiger partial charge in [0, 0.05) is 6.54 Å². The Labute approximate surface area is 233 Å². The number of hydrogen-bond acceptors (Lipinski definition) is 12. The van der Waals surface area contributed by atoms with E-state index in [0.29, 0.717) is 24.4 Å². The lowest BCUT2D eigenvalue weighted by molar-refractivity contribution is 0.0728. The minimum absolute atomic E-state index is 0.0181. The van der Waals surface area contributed by atoms with Gasteiger partial charge in [-0.15, -0.1) is 5.10 Å². The largest absolute Gasteiger partial charge is 0.490 e. The SMILES string of the molecule is CCOc1cc(/C=N/NC(=O)c2c(CN(CC)CC)nnn2-c2nonc2N)ccc1OC(=O)c1ccc(F)cc1. The monoisotopic (exact) mass is 565 g/mol. The third-order valence-electron chi connectivity index (χ3n) is 5.85. The van der Waals surface area contributed by atoms with Crippen molar-refractivity contribution < 1.29 is 28.1 Å². The van der Waals surface area contributed by atoms with Gasteiger partial charge in [0.25, 0.3) is 5.91 Å². The van der Waals surface area contributed by atoms with Crippen molar-refractivity contribution in [3.8, 4) is 17.3 Å². The number of nitrogens with one attached hydrogen (secondary N) is 1. The lowest BCUT2D eigenvalue weighted by Gasteiger charge is -2.16.